The third kappa shape index (κ3) is 92.3. The second kappa shape index (κ2) is 99.1. The summed E-state index contributed by atoms with van der Waals surface area (Å²) >= 11 is 0. The van der Waals surface area contributed by atoms with Gasteiger partial charge < -0.3 is 0 Å². The van der Waals surface area contributed by atoms with E-state index in [1.807, 2.05) is 0 Å². The van der Waals surface area contributed by atoms with E-state index >= 15 is 0 Å². The van der Waals surface area contributed by atoms with Gasteiger partial charge in [0, 0.05) is 467 Å². The molecule has 0 bridgehead atoms. The van der Waals surface area contributed by atoms with Crippen molar-refractivity contribution in [2.45, 2.75) is 0 Å². The molecule has 0 rings (SSSR count). The molecule has 0 aliphatic rings. The van der Waals surface area contributed by atoms with Crippen LogP contribution in [0.2, 0.25) is 0 Å². The summed E-state index contributed by atoms with van der Waals surface area (Å²) in [5.74, 6) is 0. The summed E-state index contributed by atoms with van der Waals surface area (Å²) in [6.45, 7) is 0. The first-order chi connectivity index (χ1) is 0. The van der Waals surface area contributed by atoms with Crippen LogP contribution >= 0.6 is 0 Å². The predicted molar refractivity (Wildman–Crippen MR) is 0 cm³/mol. The average Bonchev–Trinajstić information content (AvgIpc) is 0. The first-order valence-electron chi connectivity index (χ1n) is 0. The Hall–Kier alpha value is 15.8. The van der Waals surface area contributed by atoms with Gasteiger partial charge in [-0.3, -0.25) is 0 Å². The first-order valence-corrected chi connectivity index (χ1v) is 0. The van der Waals surface area contributed by atoms with Gasteiger partial charge in [-0.15, -0.1) is 0 Å². The van der Waals surface area contributed by atoms with Crippen molar-refractivity contribution in [3.8, 4) is 0 Å². The average molecular weight is 3570 g/mol. The molecule has 0 N–H and O–H groups in total. The second-order valence-corrected chi connectivity index (χ2v) is 0. The Morgan fingerprint density at radius 1 is 0.0667 bits per heavy atom. The molecule has 0 heterocycles. The van der Waals surface area contributed by atoms with Crippen LogP contribution in [0.5, 0.6) is 0 Å². The SMILES string of the molecule is [U].[U].[U].[U].[U].[U].[U].[U].[U].[U].[U].[U].[U].[U].[U]. The van der Waals surface area contributed by atoms with E-state index in [-0.39, 0.29) is 467 Å². The summed E-state index contributed by atoms with van der Waals surface area (Å²) in [4.78, 5) is 0. The Kier molecular flexibility index (Phi) is 724. The van der Waals surface area contributed by atoms with Crippen LogP contribution in [0.3, 0.4) is 0 Å². The molecule has 15 heteroatoms. The molecule has 0 unspecified atom stereocenters. The molecule has 0 amide bonds. The van der Waals surface area contributed by atoms with Gasteiger partial charge in [-0.1, -0.05) is 0 Å². The Labute approximate surface area is 450 Å². The topological polar surface area (TPSA) is 0 Å². The summed E-state index contributed by atoms with van der Waals surface area (Å²) in [5, 5.41) is 0. The number of rotatable bonds is 0. The number of hydrogen-bond donors (Lipinski definition) is 0. The maximum atomic E-state index is 0. The van der Waals surface area contributed by atoms with Crippen LogP contribution in [0, 0.1) is 467 Å². The van der Waals surface area contributed by atoms with E-state index in [1.54, 1.807) is 0 Å². The second-order valence-electron chi connectivity index (χ2n) is 0. The van der Waals surface area contributed by atoms with Crippen molar-refractivity contribution in [1.82, 2.24) is 0 Å². The third-order valence-corrected chi connectivity index (χ3v) is 0. The minimum Gasteiger partial charge on any atom is 0 e. The van der Waals surface area contributed by atoms with Gasteiger partial charge in [0.2, 0.25) is 0 Å². The van der Waals surface area contributed by atoms with Crippen LogP contribution in [0.1, 0.15) is 0 Å². The molecule has 0 saturated carbocycles. The van der Waals surface area contributed by atoms with Crippen LogP contribution in [0.25, 0.3) is 0 Å². The largest absolute Gasteiger partial charge is 0 e. The molecule has 0 radical (unpaired) electrons. The molecule has 0 spiro atoms. The Morgan fingerprint density at radius 3 is 0.0667 bits per heavy atom. The Balaban J connectivity index is 0. The maximum Gasteiger partial charge on any atom is 0 e. The van der Waals surface area contributed by atoms with E-state index in [0.29, 0.717) is 0 Å². The standard InChI is InChI=1S/15U. The first kappa shape index (κ1) is 110. The molecule has 0 fully saturated rings. The summed E-state index contributed by atoms with van der Waals surface area (Å²) in [7, 11) is 0. The van der Waals surface area contributed by atoms with Crippen molar-refractivity contribution in [1.29, 1.82) is 0 Å². The van der Waals surface area contributed by atoms with Crippen molar-refractivity contribution in [2.24, 2.45) is 0 Å². The van der Waals surface area contributed by atoms with Gasteiger partial charge in [0.05, 0.1) is 0 Å². The molecule has 0 nitrogen and oxygen atoms in total. The fourth-order valence-electron chi connectivity index (χ4n) is 0. The van der Waals surface area contributed by atoms with Gasteiger partial charge in [-0.25, -0.2) is 0 Å². The van der Waals surface area contributed by atoms with Gasteiger partial charge in [-0.05, 0) is 0 Å². The molecule has 0 atom stereocenters. The van der Waals surface area contributed by atoms with E-state index in [2.05, 4.69) is 0 Å². The molecular formula is U15. The van der Waals surface area contributed by atoms with E-state index in [1.165, 1.54) is 0 Å². The van der Waals surface area contributed by atoms with Crippen LogP contribution in [-0.4, -0.2) is 0 Å². The van der Waals surface area contributed by atoms with Gasteiger partial charge in [0.25, 0.3) is 0 Å². The van der Waals surface area contributed by atoms with Gasteiger partial charge in [0.15, 0.2) is 0 Å². The molecule has 60 valence electrons. The van der Waals surface area contributed by atoms with Crippen LogP contribution < -0.4 is 0 Å². The van der Waals surface area contributed by atoms with Crippen LogP contribution in [0.4, 0.5) is 0 Å². The van der Waals surface area contributed by atoms with E-state index in [4.69, 9.17) is 0 Å². The molecule has 0 aromatic carbocycles. The van der Waals surface area contributed by atoms with E-state index < -0.39 is 0 Å². The van der Waals surface area contributed by atoms with Gasteiger partial charge >= 0.3 is 0 Å². The molecule has 0 aromatic rings. The Morgan fingerprint density at radius 2 is 0.0667 bits per heavy atom. The zero-order chi connectivity index (χ0) is 0. The summed E-state index contributed by atoms with van der Waals surface area (Å²) in [6.07, 6.45) is 0. The fraction of sp³-hybridized carbons (Fsp3) is 0. The third-order valence-electron chi connectivity index (χ3n) is 0. The van der Waals surface area contributed by atoms with Gasteiger partial charge in [0.1, 0.15) is 0 Å². The normalized spacial score (nSPS) is 0. The minimum atomic E-state index is 0. The molecular weight excluding hydrogens is 3570 g/mol. The van der Waals surface area contributed by atoms with Crippen molar-refractivity contribution in [3.63, 3.8) is 0 Å². The van der Waals surface area contributed by atoms with Crippen LogP contribution in [-0.2, 0) is 0 Å². The summed E-state index contributed by atoms with van der Waals surface area (Å²) < 4.78 is 0. The maximum absolute atomic E-state index is 0. The Bertz CT molecular complexity index is 0. The predicted octanol–water partition coefficient (Wildman–Crippen LogP) is 0. The zero-order valence-electron chi connectivity index (χ0n) is 7.50. The van der Waals surface area contributed by atoms with Gasteiger partial charge in [-0.2, -0.15) is 0 Å². The molecule has 0 aromatic heterocycles. The van der Waals surface area contributed by atoms with Crippen LogP contribution in [0.15, 0.2) is 0 Å². The molecule has 0 saturated heterocycles. The van der Waals surface area contributed by atoms with Crippen molar-refractivity contribution < 1.29 is 467 Å². The molecule has 0 aliphatic carbocycles. The zero-order valence-corrected chi connectivity index (χ0v) is 70.0. The van der Waals surface area contributed by atoms with E-state index in [9.17, 15) is 0 Å². The number of hydrogen-bond acceptors (Lipinski definition) is 0. The van der Waals surface area contributed by atoms with Crippen molar-refractivity contribution >= 4 is 0 Å². The quantitative estimate of drug-likeness (QED) is 0.321. The van der Waals surface area contributed by atoms with Crippen molar-refractivity contribution in [3.05, 3.63) is 0 Å². The summed E-state index contributed by atoms with van der Waals surface area (Å²) in [5.41, 5.74) is 0. The van der Waals surface area contributed by atoms with E-state index in [0.717, 1.165) is 0 Å². The van der Waals surface area contributed by atoms with Crippen molar-refractivity contribution in [2.75, 3.05) is 0 Å². The summed E-state index contributed by atoms with van der Waals surface area (Å²) in [6, 6.07) is 0. The smallest absolute Gasteiger partial charge is 0 e. The molecule has 15 heavy (non-hydrogen) atoms. The molecule has 0 aliphatic heterocycles. The fourth-order valence-corrected chi connectivity index (χ4v) is 0. The monoisotopic (exact) mass is 3570 g/mol. The minimum absolute atomic E-state index is 0.